The molecule has 158 valence electrons. The maximum atomic E-state index is 12.5. The van der Waals surface area contributed by atoms with Crippen molar-refractivity contribution in [2.75, 3.05) is 32.5 Å². The van der Waals surface area contributed by atoms with Gasteiger partial charge in [0.05, 0.1) is 12.9 Å². The van der Waals surface area contributed by atoms with Crippen LogP contribution in [0.1, 0.15) is 25.3 Å². The van der Waals surface area contributed by atoms with Gasteiger partial charge in [-0.15, -0.1) is 0 Å². The minimum Gasteiger partial charge on any atom is -0.493 e. The summed E-state index contributed by atoms with van der Waals surface area (Å²) in [6, 6.07) is 4.72. The number of nitrogens with one attached hydrogen (secondary N) is 1. The summed E-state index contributed by atoms with van der Waals surface area (Å²) in [4.78, 5) is 12.3. The number of sulfonamides is 1. The molecule has 0 radical (unpaired) electrons. The molecule has 2 rings (SSSR count). The number of carbonyl (C=O) groups excluding carboxylic acids is 1. The predicted molar refractivity (Wildman–Crippen MR) is 100 cm³/mol. The topological polar surface area (TPSA) is 84.9 Å². The van der Waals surface area contributed by atoms with Crippen LogP contribution in [-0.2, 0) is 21.2 Å². The fraction of sp³-hybridized carbons (Fsp3) is 0.611. The highest BCUT2D eigenvalue weighted by atomic mass is 32.2. The number of nitrogens with zero attached hydrogens (tertiary/aromatic N) is 1. The monoisotopic (exact) mass is 420 g/mol. The minimum absolute atomic E-state index is 0.0502. The first-order valence-corrected chi connectivity index (χ1v) is 10.7. The number of alkyl halides is 2. The number of hydrogen-bond donors (Lipinski definition) is 1. The number of amides is 1. The van der Waals surface area contributed by atoms with Crippen LogP contribution in [0.15, 0.2) is 18.2 Å². The summed E-state index contributed by atoms with van der Waals surface area (Å²) in [5, 5.41) is 2.83. The van der Waals surface area contributed by atoms with Crippen molar-refractivity contribution in [3.63, 3.8) is 0 Å². The van der Waals surface area contributed by atoms with Crippen LogP contribution in [0, 0.1) is 5.92 Å². The molecule has 0 aromatic heterocycles. The number of hydrogen-bond acceptors (Lipinski definition) is 5. The van der Waals surface area contributed by atoms with E-state index in [2.05, 4.69) is 10.1 Å². The second-order valence-electron chi connectivity index (χ2n) is 6.48. The maximum absolute atomic E-state index is 12.5. The highest BCUT2D eigenvalue weighted by Crippen LogP contribution is 2.29. The Bertz CT molecular complexity index is 765. The Morgan fingerprint density at radius 3 is 2.54 bits per heavy atom. The first kappa shape index (κ1) is 22.4. The van der Waals surface area contributed by atoms with Gasteiger partial charge >= 0.3 is 6.61 Å². The zero-order valence-corrected chi connectivity index (χ0v) is 16.8. The van der Waals surface area contributed by atoms with E-state index in [4.69, 9.17) is 4.74 Å². The molecule has 1 aliphatic heterocycles. The van der Waals surface area contributed by atoms with Crippen molar-refractivity contribution in [2.45, 2.75) is 32.8 Å². The SMILES string of the molecule is CCS(=O)(=O)N1CCC(C(=O)NCCc2ccc(OC)c(OC(F)F)c2)CC1. The highest BCUT2D eigenvalue weighted by Gasteiger charge is 2.29. The van der Waals surface area contributed by atoms with Crippen molar-refractivity contribution < 1.29 is 31.5 Å². The first-order valence-electron chi connectivity index (χ1n) is 9.14. The highest BCUT2D eigenvalue weighted by molar-refractivity contribution is 7.89. The molecular weight excluding hydrogens is 394 g/mol. The third kappa shape index (κ3) is 6.03. The Balaban J connectivity index is 1.83. The van der Waals surface area contributed by atoms with Crippen molar-refractivity contribution in [1.29, 1.82) is 0 Å². The summed E-state index contributed by atoms with van der Waals surface area (Å²) in [5.74, 6) is -0.126. The largest absolute Gasteiger partial charge is 0.493 e. The molecule has 0 saturated carbocycles. The van der Waals surface area contributed by atoms with E-state index in [0.717, 1.165) is 5.56 Å². The predicted octanol–water partition coefficient (Wildman–Crippen LogP) is 2.02. The fourth-order valence-corrected chi connectivity index (χ4v) is 4.25. The lowest BCUT2D eigenvalue weighted by molar-refractivity contribution is -0.126. The number of benzene rings is 1. The molecule has 10 heteroatoms. The number of piperidine rings is 1. The van der Waals surface area contributed by atoms with Crippen molar-refractivity contribution in [3.05, 3.63) is 23.8 Å². The van der Waals surface area contributed by atoms with Gasteiger partial charge in [0, 0.05) is 25.6 Å². The van der Waals surface area contributed by atoms with E-state index in [1.165, 1.54) is 17.5 Å². The molecule has 1 aromatic rings. The number of methoxy groups -OCH3 is 1. The lowest BCUT2D eigenvalue weighted by Gasteiger charge is -2.30. The Morgan fingerprint density at radius 2 is 1.96 bits per heavy atom. The van der Waals surface area contributed by atoms with Gasteiger partial charge in [-0.1, -0.05) is 6.07 Å². The van der Waals surface area contributed by atoms with Crippen LogP contribution >= 0.6 is 0 Å². The zero-order valence-electron chi connectivity index (χ0n) is 16.0. The van der Waals surface area contributed by atoms with E-state index < -0.39 is 16.6 Å². The molecule has 1 saturated heterocycles. The minimum atomic E-state index is -3.22. The van der Waals surface area contributed by atoms with Crippen LogP contribution in [-0.4, -0.2) is 57.7 Å². The van der Waals surface area contributed by atoms with Crippen LogP contribution < -0.4 is 14.8 Å². The summed E-state index contributed by atoms with van der Waals surface area (Å²) in [6.07, 6.45) is 1.42. The summed E-state index contributed by atoms with van der Waals surface area (Å²) in [7, 11) is -1.85. The number of halogens is 2. The molecule has 1 aliphatic rings. The van der Waals surface area contributed by atoms with Gasteiger partial charge in [-0.3, -0.25) is 4.79 Å². The van der Waals surface area contributed by atoms with E-state index in [0.29, 0.717) is 38.9 Å². The van der Waals surface area contributed by atoms with E-state index >= 15 is 0 Å². The number of rotatable bonds is 9. The van der Waals surface area contributed by atoms with E-state index in [1.54, 1.807) is 19.1 Å². The first-order chi connectivity index (χ1) is 13.3. The molecular formula is C18H26F2N2O5S. The number of carbonyl (C=O) groups is 1. The van der Waals surface area contributed by atoms with Crippen molar-refractivity contribution >= 4 is 15.9 Å². The average Bonchev–Trinajstić information content (AvgIpc) is 2.67. The molecule has 1 fully saturated rings. The van der Waals surface area contributed by atoms with Gasteiger partial charge in [0.2, 0.25) is 15.9 Å². The molecule has 1 amide bonds. The Kier molecular flexibility index (Phi) is 7.99. The third-order valence-corrected chi connectivity index (χ3v) is 6.62. The molecule has 0 spiro atoms. The van der Waals surface area contributed by atoms with Crippen LogP contribution in [0.5, 0.6) is 11.5 Å². The molecule has 1 heterocycles. The van der Waals surface area contributed by atoms with E-state index in [1.807, 2.05) is 0 Å². The quantitative estimate of drug-likeness (QED) is 0.661. The van der Waals surface area contributed by atoms with E-state index in [-0.39, 0.29) is 29.1 Å². The van der Waals surface area contributed by atoms with Crippen LogP contribution in [0.3, 0.4) is 0 Å². The second kappa shape index (κ2) is 10.0. The smallest absolute Gasteiger partial charge is 0.387 e. The Hall–Kier alpha value is -1.94. The van der Waals surface area contributed by atoms with Crippen LogP contribution in [0.4, 0.5) is 8.78 Å². The van der Waals surface area contributed by atoms with E-state index in [9.17, 15) is 22.0 Å². The van der Waals surface area contributed by atoms with Crippen molar-refractivity contribution in [1.82, 2.24) is 9.62 Å². The summed E-state index contributed by atoms with van der Waals surface area (Å²) < 4.78 is 59.5. The Morgan fingerprint density at radius 1 is 1.29 bits per heavy atom. The zero-order chi connectivity index (χ0) is 20.7. The molecule has 0 bridgehead atoms. The van der Waals surface area contributed by atoms with Gasteiger partial charge in [-0.25, -0.2) is 12.7 Å². The van der Waals surface area contributed by atoms with Gasteiger partial charge in [-0.05, 0) is 43.9 Å². The molecule has 0 unspecified atom stereocenters. The van der Waals surface area contributed by atoms with Gasteiger partial charge in [0.1, 0.15) is 0 Å². The lowest BCUT2D eigenvalue weighted by atomic mass is 9.97. The number of ether oxygens (including phenoxy) is 2. The van der Waals surface area contributed by atoms with Gasteiger partial charge in [0.25, 0.3) is 0 Å². The molecule has 0 aliphatic carbocycles. The second-order valence-corrected chi connectivity index (χ2v) is 8.74. The molecule has 28 heavy (non-hydrogen) atoms. The standard InChI is InChI=1S/C18H26F2N2O5S/c1-3-28(24,25)22-10-7-14(8-11-22)17(23)21-9-6-13-4-5-15(26-2)16(12-13)27-18(19)20/h4-5,12,14,18H,3,6-11H2,1-2H3,(H,21,23). The maximum Gasteiger partial charge on any atom is 0.387 e. The lowest BCUT2D eigenvalue weighted by Crippen LogP contribution is -2.43. The summed E-state index contributed by atoms with van der Waals surface area (Å²) >= 11 is 0. The van der Waals surface area contributed by atoms with Gasteiger partial charge < -0.3 is 14.8 Å². The molecule has 7 nitrogen and oxygen atoms in total. The summed E-state index contributed by atoms with van der Waals surface area (Å²) in [5.41, 5.74) is 0.723. The average molecular weight is 420 g/mol. The van der Waals surface area contributed by atoms with Crippen LogP contribution in [0.2, 0.25) is 0 Å². The molecule has 0 atom stereocenters. The van der Waals surface area contributed by atoms with Gasteiger partial charge in [-0.2, -0.15) is 8.78 Å². The normalized spacial score (nSPS) is 16.2. The molecule has 1 N–H and O–H groups in total. The van der Waals surface area contributed by atoms with Gasteiger partial charge in [0.15, 0.2) is 11.5 Å². The van der Waals surface area contributed by atoms with Crippen molar-refractivity contribution in [2.24, 2.45) is 5.92 Å². The summed E-state index contributed by atoms with van der Waals surface area (Å²) in [6.45, 7) is -0.314. The van der Waals surface area contributed by atoms with Crippen molar-refractivity contribution in [3.8, 4) is 11.5 Å². The van der Waals surface area contributed by atoms with Crippen LogP contribution in [0.25, 0.3) is 0 Å². The Labute approximate surface area is 164 Å². The third-order valence-electron chi connectivity index (χ3n) is 4.74. The fourth-order valence-electron chi connectivity index (χ4n) is 3.12. The molecule has 1 aromatic carbocycles.